The third kappa shape index (κ3) is 18.9. The van der Waals surface area contributed by atoms with Crippen LogP contribution in [-0.4, -0.2) is 140 Å². The molecule has 13 rings (SSSR count). The number of carbonyl (C=O) groups excluding carboxylic acids is 8. The monoisotopic (exact) mass is 1550 g/mol. The van der Waals surface area contributed by atoms with Gasteiger partial charge in [-0.3, -0.25) is 33.6 Å². The van der Waals surface area contributed by atoms with Crippen molar-refractivity contribution in [3.8, 4) is 80.1 Å². The molecule has 0 saturated heterocycles. The van der Waals surface area contributed by atoms with Crippen molar-refractivity contribution in [1.29, 1.82) is 0 Å². The Labute approximate surface area is 643 Å². The third-order valence-corrected chi connectivity index (χ3v) is 19.5. The molecule has 0 saturated carbocycles. The fourth-order valence-electron chi connectivity index (χ4n) is 13.3. The number of ether oxygens (including phenoxy) is 4. The third-order valence-electron chi connectivity index (χ3n) is 18.9. The Morgan fingerprint density at radius 1 is 0.555 bits per heavy atom. The lowest BCUT2D eigenvalue weighted by atomic mass is 9.87. The van der Waals surface area contributed by atoms with Crippen LogP contribution in [0.25, 0.3) is 11.1 Å². The summed E-state index contributed by atoms with van der Waals surface area (Å²) in [5, 5.41) is 109. The fourth-order valence-corrected chi connectivity index (χ4v) is 13.8. The van der Waals surface area contributed by atoms with Gasteiger partial charge >= 0.3 is 6.09 Å². The highest BCUT2D eigenvalue weighted by atomic mass is 35.5. The number of aromatic hydroxyl groups is 6. The average molecular weight is 1550 g/mol. The number of nitrogens with one attached hydrogen (secondary N) is 9. The van der Waals surface area contributed by atoms with Gasteiger partial charge in [-0.2, -0.15) is 0 Å². The molecule has 6 aliphatic heterocycles. The molecule has 31 heteroatoms. The van der Waals surface area contributed by atoms with Gasteiger partial charge in [0.25, 0.3) is 0 Å². The van der Waals surface area contributed by atoms with Crippen LogP contribution in [-0.2, 0) is 51.3 Å². The first kappa shape index (κ1) is 79.8. The minimum Gasteiger partial charge on any atom is -0.508 e. The summed E-state index contributed by atoms with van der Waals surface area (Å²) in [7, 11) is 3.79. The molecule has 8 atom stereocenters. The summed E-state index contributed by atoms with van der Waals surface area (Å²) in [6, 6.07) is 7.89. The van der Waals surface area contributed by atoms with Gasteiger partial charge in [-0.15, -0.1) is 0 Å². The second-order valence-corrected chi connectivity index (χ2v) is 29.5. The van der Waals surface area contributed by atoms with E-state index in [4.69, 9.17) is 42.1 Å². The summed E-state index contributed by atoms with van der Waals surface area (Å²) in [6.45, 7) is 7.85. The van der Waals surface area contributed by atoms with E-state index in [1.54, 1.807) is 20.8 Å². The quantitative estimate of drug-likeness (QED) is 0.0377. The second kappa shape index (κ2) is 34.6. The number of aliphatic hydroxyl groups is 1. The van der Waals surface area contributed by atoms with Gasteiger partial charge in [-0.05, 0) is 179 Å². The number of fused-ring (bicyclic) bond motifs is 14. The van der Waals surface area contributed by atoms with Crippen LogP contribution in [0, 0.1) is 0 Å². The molecular formula is C79H88Cl2N10O19. The summed E-state index contributed by atoms with van der Waals surface area (Å²) in [5.74, 6) is -13.9. The lowest BCUT2D eigenvalue weighted by Gasteiger charge is -2.32. The van der Waals surface area contributed by atoms with Crippen LogP contribution in [0.3, 0.4) is 0 Å². The number of hydrogen-bond acceptors (Lipinski definition) is 21. The van der Waals surface area contributed by atoms with E-state index in [-0.39, 0.29) is 102 Å². The highest BCUT2D eigenvalue weighted by Crippen LogP contribution is 2.49. The molecule has 6 aliphatic rings. The molecule has 6 heterocycles. The average Bonchev–Trinajstić information content (AvgIpc) is 0.757. The highest BCUT2D eigenvalue weighted by molar-refractivity contribution is 6.32. The number of phenolic OH excluding ortho intramolecular Hbond substituents is 6. The first-order chi connectivity index (χ1) is 52.4. The molecule has 17 bridgehead atoms. The lowest BCUT2D eigenvalue weighted by molar-refractivity contribution is -0.137. The summed E-state index contributed by atoms with van der Waals surface area (Å²) in [5.41, 5.74) is -2.84. The van der Waals surface area contributed by atoms with Crippen molar-refractivity contribution >= 4 is 70.6 Å². The Hall–Kier alpha value is -11.2. The number of carbonyl (C=O) groups is 8. The van der Waals surface area contributed by atoms with E-state index in [0.717, 1.165) is 87.4 Å². The van der Waals surface area contributed by atoms with Gasteiger partial charge in [-0.1, -0.05) is 99.3 Å². The number of hydrogen-bond donors (Lipinski definition) is 16. The summed E-state index contributed by atoms with van der Waals surface area (Å²) >= 11 is 14.0. The van der Waals surface area contributed by atoms with Crippen LogP contribution < -0.4 is 62.1 Å². The summed E-state index contributed by atoms with van der Waals surface area (Å²) in [6.07, 6.45) is 4.44. The van der Waals surface area contributed by atoms with Crippen molar-refractivity contribution in [2.24, 2.45) is 0 Å². The Morgan fingerprint density at radius 2 is 1.15 bits per heavy atom. The van der Waals surface area contributed by atoms with Crippen LogP contribution in [0.15, 0.2) is 109 Å². The van der Waals surface area contributed by atoms with Crippen molar-refractivity contribution in [2.45, 2.75) is 152 Å². The number of aliphatic hydroxyl groups excluding tert-OH is 1. The van der Waals surface area contributed by atoms with Gasteiger partial charge < -0.3 is 107 Å². The zero-order valence-electron chi connectivity index (χ0n) is 61.1. The molecular weight excluding hydrogens is 1460 g/mol. The minimum atomic E-state index is -2.21. The topological polar surface area (TPSA) is 427 Å². The molecule has 110 heavy (non-hydrogen) atoms. The lowest BCUT2D eigenvalue weighted by Crippen LogP contribution is -2.56. The van der Waals surface area contributed by atoms with Gasteiger partial charge in [0.2, 0.25) is 47.1 Å². The van der Waals surface area contributed by atoms with Gasteiger partial charge in [0.15, 0.2) is 23.0 Å². The molecule has 0 fully saturated rings. The maximum Gasteiger partial charge on any atom is 0.408 e. The molecule has 0 radical (unpaired) electrons. The zero-order valence-corrected chi connectivity index (χ0v) is 62.7. The van der Waals surface area contributed by atoms with Crippen molar-refractivity contribution in [3.63, 3.8) is 0 Å². The van der Waals surface area contributed by atoms with Crippen LogP contribution in [0.2, 0.25) is 10.0 Å². The number of amides is 8. The Morgan fingerprint density at radius 3 is 1.82 bits per heavy atom. The number of alkyl carbamates (subject to hydrolysis) is 1. The minimum absolute atomic E-state index is 0.00140. The Bertz CT molecular complexity index is 4710. The van der Waals surface area contributed by atoms with Crippen molar-refractivity contribution in [1.82, 2.24) is 52.8 Å². The van der Waals surface area contributed by atoms with Crippen molar-refractivity contribution in [3.05, 3.63) is 164 Å². The van der Waals surface area contributed by atoms with E-state index < -0.39 is 154 Å². The number of nitrogens with zero attached hydrogens (tertiary/aromatic N) is 1. The number of rotatable bonds is 17. The van der Waals surface area contributed by atoms with Gasteiger partial charge in [-0.25, -0.2) is 4.79 Å². The van der Waals surface area contributed by atoms with E-state index in [2.05, 4.69) is 54.8 Å². The first-order valence-electron chi connectivity index (χ1n) is 36.1. The van der Waals surface area contributed by atoms with Crippen LogP contribution in [0.1, 0.15) is 166 Å². The molecule has 0 aliphatic carbocycles. The van der Waals surface area contributed by atoms with Crippen LogP contribution in [0.4, 0.5) is 4.79 Å². The molecule has 0 aromatic heterocycles. The van der Waals surface area contributed by atoms with E-state index >= 15 is 28.8 Å². The largest absolute Gasteiger partial charge is 0.508 e. The number of benzene rings is 7. The number of halogens is 2. The predicted octanol–water partition coefficient (Wildman–Crippen LogP) is 9.76. The Balaban J connectivity index is 1.09. The molecule has 1 unspecified atom stereocenters. The molecule has 0 spiro atoms. The molecule has 8 amide bonds. The molecule has 582 valence electrons. The van der Waals surface area contributed by atoms with Gasteiger partial charge in [0.05, 0.1) is 15.6 Å². The standard InChI is InChI=1S/C79H88Cl2N10O19/c1-7-8-9-10-11-12-13-14-25-83-72(100)66-48-37-55(95)49(38-82-24-15-26-91(5)6)69(97)61(48)47-31-40(17-20-53(47)93)62-74(102)89-67(77(105)88-66)68(96)42-19-23-57(51(81)32-42)109-60-35-44-34-59(70(60)98)108-56-22-16-39(27-50(56)80)28-52-71(99)85-64(75(103)87-65(44)76(104)86-62)43-29-45(92)36-46(30-43)107-58-33-41(18-21-54(58)94)63(73(101)84-52)90-78(106)110-79(2,3)4/h16-23,27,29-37,52,62-68,82,92-98H,7-15,24-26,28,38H2,1-6H3,(H,83,100)(H,84,101)(H,85,99)(H,86,104)(H,87,103)(H,88,105)(H,89,102)(H,90,106)/t52-,62-,63-,64-,65-,66-,67-,68?/m0/s1. The van der Waals surface area contributed by atoms with E-state index in [0.29, 0.717) is 25.9 Å². The normalized spacial score (nSPS) is 19.8. The maximum absolute atomic E-state index is 16.2. The van der Waals surface area contributed by atoms with Crippen LogP contribution in [0.5, 0.6) is 69.0 Å². The summed E-state index contributed by atoms with van der Waals surface area (Å²) in [4.78, 5) is 125. The molecule has 29 nitrogen and oxygen atoms in total. The SMILES string of the molecule is CCCCCCCCCCNC(=O)[C@H]1NC(=O)[C@H]2NC(=O)[C@@H](NC(=O)[C@H]3NC(=O)[C@H]4NC(=O)[C@H](Cc5ccc(c(Cl)c5)Oc5cc3cc(c5O)Oc3ccc(cc3Cl)C2O)NC(=O)[C@@H](NC(=O)OC(C)(C)C)c2ccc(O)c(c2)Oc2cc(O)cc4c2)c2ccc(O)c(c2)-c2c1cc(O)c(CNCCCN(C)C)c2O. The van der Waals surface area contributed by atoms with E-state index in [9.17, 15) is 45.3 Å². The number of phenols is 6. The van der Waals surface area contributed by atoms with Gasteiger partial charge in [0.1, 0.15) is 94.2 Å². The number of unbranched alkanes of at least 4 members (excludes halogenated alkanes) is 7. The first-order valence-corrected chi connectivity index (χ1v) is 36.9. The maximum atomic E-state index is 16.2. The molecule has 7 aromatic rings. The second-order valence-electron chi connectivity index (χ2n) is 28.7. The summed E-state index contributed by atoms with van der Waals surface area (Å²) < 4.78 is 24.4. The zero-order chi connectivity index (χ0) is 79.0. The van der Waals surface area contributed by atoms with Crippen molar-refractivity contribution in [2.75, 3.05) is 33.7 Å². The fraction of sp³-hybridized carbons (Fsp3) is 0.367. The molecule has 16 N–H and O–H groups in total. The van der Waals surface area contributed by atoms with Crippen molar-refractivity contribution < 1.29 is 93.0 Å². The molecule has 7 aromatic carbocycles. The predicted molar refractivity (Wildman–Crippen MR) is 403 cm³/mol. The highest BCUT2D eigenvalue weighted by Gasteiger charge is 2.42. The van der Waals surface area contributed by atoms with E-state index in [1.807, 2.05) is 19.0 Å². The Kier molecular flexibility index (Phi) is 25.1. The van der Waals surface area contributed by atoms with Gasteiger partial charge in [0, 0.05) is 36.7 Å². The van der Waals surface area contributed by atoms with Crippen LogP contribution >= 0.6 is 23.2 Å². The smallest absolute Gasteiger partial charge is 0.408 e. The van der Waals surface area contributed by atoms with E-state index in [1.165, 1.54) is 66.7 Å².